The molecule has 0 aliphatic carbocycles. The van der Waals surface area contributed by atoms with Crippen molar-refractivity contribution in [2.24, 2.45) is 0 Å². The number of thiol groups is 1. The van der Waals surface area contributed by atoms with Gasteiger partial charge in [0, 0.05) is 12.2 Å². The predicted molar refractivity (Wildman–Crippen MR) is 102 cm³/mol. The quantitative estimate of drug-likeness (QED) is 0.220. The van der Waals surface area contributed by atoms with Crippen LogP contribution in [0.25, 0.3) is 0 Å². The molecule has 1 atom stereocenters. The first-order chi connectivity index (χ1) is 11.2. The fourth-order valence-electron chi connectivity index (χ4n) is 2.70. The zero-order chi connectivity index (χ0) is 17.2. The largest absolute Gasteiger partial charge is 0.346 e. The summed E-state index contributed by atoms with van der Waals surface area (Å²) in [5.74, 6) is 0.340. The molecule has 136 valence electrons. The summed E-state index contributed by atoms with van der Waals surface area (Å²) < 4.78 is 0. The maximum Gasteiger partial charge on any atom is 0.220 e. The van der Waals surface area contributed by atoms with Crippen LogP contribution in [0.5, 0.6) is 0 Å². The maximum atomic E-state index is 11.6. The van der Waals surface area contributed by atoms with E-state index in [4.69, 9.17) is 0 Å². The van der Waals surface area contributed by atoms with Crippen LogP contribution >= 0.6 is 12.6 Å². The molecule has 1 amide bonds. The Balaban J connectivity index is 3.21. The maximum absolute atomic E-state index is 11.6. The number of amides is 1. The molecule has 0 spiro atoms. The number of nitrogens with one attached hydrogen (secondary N) is 1. The molecule has 0 aromatic rings. The van der Waals surface area contributed by atoms with E-state index in [9.17, 15) is 9.59 Å². The number of carbonyl (C=O) groups is 2. The third-order valence-corrected chi connectivity index (χ3v) is 4.61. The van der Waals surface area contributed by atoms with Crippen molar-refractivity contribution in [1.82, 2.24) is 5.32 Å². The lowest BCUT2D eigenvalue weighted by molar-refractivity contribution is -0.123. The van der Waals surface area contributed by atoms with Crippen LogP contribution in [0.2, 0.25) is 0 Å². The molecule has 0 saturated heterocycles. The van der Waals surface area contributed by atoms with Crippen LogP contribution < -0.4 is 5.32 Å². The van der Waals surface area contributed by atoms with Gasteiger partial charge in [-0.2, -0.15) is 12.6 Å². The molecule has 0 aliphatic rings. The van der Waals surface area contributed by atoms with Crippen LogP contribution in [0.3, 0.4) is 0 Å². The van der Waals surface area contributed by atoms with Crippen molar-refractivity contribution in [3.63, 3.8) is 0 Å². The standard InChI is InChI=1S/C19H37NO2S/c1-2-3-4-5-6-7-8-9-10-11-12-13-14-15-19(22)20-18(16-21)17-23/h16,18,23H,2-15,17H2,1H3,(H,20,22)/t18-/m1/s1. The van der Waals surface area contributed by atoms with Gasteiger partial charge in [0.2, 0.25) is 5.91 Å². The van der Waals surface area contributed by atoms with Gasteiger partial charge in [-0.3, -0.25) is 4.79 Å². The number of carbonyl (C=O) groups excluding carboxylic acids is 2. The van der Waals surface area contributed by atoms with E-state index in [1.807, 2.05) is 0 Å². The van der Waals surface area contributed by atoms with Crippen LogP contribution in [-0.4, -0.2) is 24.0 Å². The number of hydrogen-bond donors (Lipinski definition) is 2. The van der Waals surface area contributed by atoms with Crippen LogP contribution in [0.15, 0.2) is 0 Å². The molecule has 0 aromatic heterocycles. The number of rotatable bonds is 17. The zero-order valence-electron chi connectivity index (χ0n) is 15.0. The van der Waals surface area contributed by atoms with E-state index in [0.717, 1.165) is 19.1 Å². The minimum absolute atomic E-state index is 0.0285. The zero-order valence-corrected chi connectivity index (χ0v) is 15.9. The molecule has 0 heterocycles. The number of aldehydes is 1. The van der Waals surface area contributed by atoms with Crippen molar-refractivity contribution >= 4 is 24.8 Å². The lowest BCUT2D eigenvalue weighted by atomic mass is 10.0. The third kappa shape index (κ3) is 16.1. The van der Waals surface area contributed by atoms with Crippen LogP contribution in [0.1, 0.15) is 96.8 Å². The Morgan fingerprint density at radius 2 is 1.30 bits per heavy atom. The summed E-state index contributed by atoms with van der Waals surface area (Å²) in [6.07, 6.45) is 18.2. The van der Waals surface area contributed by atoms with E-state index in [2.05, 4.69) is 24.9 Å². The van der Waals surface area contributed by atoms with Crippen molar-refractivity contribution in [2.45, 2.75) is 103 Å². The molecular weight excluding hydrogens is 306 g/mol. The molecule has 0 aliphatic heterocycles. The monoisotopic (exact) mass is 343 g/mol. The third-order valence-electron chi connectivity index (χ3n) is 4.21. The van der Waals surface area contributed by atoms with Crippen LogP contribution in [-0.2, 0) is 9.59 Å². The SMILES string of the molecule is CCCCCCCCCCCCCCCC(=O)N[C@H](C=O)CS. The van der Waals surface area contributed by atoms with Gasteiger partial charge in [0.1, 0.15) is 6.29 Å². The van der Waals surface area contributed by atoms with Gasteiger partial charge in [-0.05, 0) is 6.42 Å². The summed E-state index contributed by atoms with van der Waals surface area (Å²) in [6.45, 7) is 2.26. The van der Waals surface area contributed by atoms with Gasteiger partial charge in [-0.1, -0.05) is 84.0 Å². The van der Waals surface area contributed by atoms with Gasteiger partial charge in [-0.15, -0.1) is 0 Å². The summed E-state index contributed by atoms with van der Waals surface area (Å²) in [7, 11) is 0. The highest BCUT2D eigenvalue weighted by atomic mass is 32.1. The second-order valence-electron chi connectivity index (χ2n) is 6.49. The average Bonchev–Trinajstić information content (AvgIpc) is 2.56. The molecule has 0 unspecified atom stereocenters. The van der Waals surface area contributed by atoms with Crippen LogP contribution in [0.4, 0.5) is 0 Å². The molecular formula is C19H37NO2S. The molecule has 0 rings (SSSR count). The molecule has 0 fully saturated rings. The van der Waals surface area contributed by atoms with E-state index in [0.29, 0.717) is 12.2 Å². The Morgan fingerprint density at radius 1 is 0.870 bits per heavy atom. The summed E-state index contributed by atoms with van der Waals surface area (Å²) in [6, 6.07) is -0.437. The van der Waals surface area contributed by atoms with Gasteiger partial charge < -0.3 is 10.1 Å². The summed E-state index contributed by atoms with van der Waals surface area (Å²) in [4.78, 5) is 22.2. The normalized spacial score (nSPS) is 12.1. The highest BCUT2D eigenvalue weighted by Crippen LogP contribution is 2.12. The first kappa shape index (κ1) is 22.5. The average molecular weight is 344 g/mol. The van der Waals surface area contributed by atoms with Crippen molar-refractivity contribution in [3.8, 4) is 0 Å². The summed E-state index contributed by atoms with van der Waals surface area (Å²) >= 11 is 4.02. The first-order valence-corrected chi connectivity index (χ1v) is 10.2. The Labute approximate surface area is 148 Å². The van der Waals surface area contributed by atoms with Gasteiger partial charge in [-0.25, -0.2) is 0 Å². The first-order valence-electron chi connectivity index (χ1n) is 9.60. The van der Waals surface area contributed by atoms with Crippen molar-refractivity contribution in [3.05, 3.63) is 0 Å². The van der Waals surface area contributed by atoms with E-state index in [-0.39, 0.29) is 5.91 Å². The minimum Gasteiger partial charge on any atom is -0.346 e. The second kappa shape index (κ2) is 17.8. The van der Waals surface area contributed by atoms with E-state index < -0.39 is 6.04 Å². The van der Waals surface area contributed by atoms with E-state index in [1.165, 1.54) is 70.6 Å². The Hall–Kier alpha value is -0.510. The molecule has 1 N–H and O–H groups in total. The smallest absolute Gasteiger partial charge is 0.220 e. The van der Waals surface area contributed by atoms with Crippen molar-refractivity contribution in [1.29, 1.82) is 0 Å². The summed E-state index contributed by atoms with van der Waals surface area (Å²) in [5, 5.41) is 2.68. The second-order valence-corrected chi connectivity index (χ2v) is 6.85. The Kier molecular flexibility index (Phi) is 17.4. The van der Waals surface area contributed by atoms with Gasteiger partial charge >= 0.3 is 0 Å². The predicted octanol–water partition coefficient (Wildman–Crippen LogP) is 5.08. The lowest BCUT2D eigenvalue weighted by Gasteiger charge is -2.09. The molecule has 0 bridgehead atoms. The fraction of sp³-hybridized carbons (Fsp3) is 0.895. The lowest BCUT2D eigenvalue weighted by Crippen LogP contribution is -2.37. The minimum atomic E-state index is -0.437. The van der Waals surface area contributed by atoms with Gasteiger partial charge in [0.15, 0.2) is 0 Å². The molecule has 0 saturated carbocycles. The van der Waals surface area contributed by atoms with Crippen LogP contribution in [0, 0.1) is 0 Å². The number of unbranched alkanes of at least 4 members (excludes halogenated alkanes) is 12. The Bertz CT molecular complexity index is 285. The van der Waals surface area contributed by atoms with E-state index >= 15 is 0 Å². The molecule has 23 heavy (non-hydrogen) atoms. The van der Waals surface area contributed by atoms with E-state index in [1.54, 1.807) is 0 Å². The number of hydrogen-bond acceptors (Lipinski definition) is 3. The molecule has 3 nitrogen and oxygen atoms in total. The highest BCUT2D eigenvalue weighted by molar-refractivity contribution is 7.80. The molecule has 0 radical (unpaired) electrons. The van der Waals surface area contributed by atoms with Crippen molar-refractivity contribution in [2.75, 3.05) is 5.75 Å². The Morgan fingerprint density at radius 3 is 1.70 bits per heavy atom. The highest BCUT2D eigenvalue weighted by Gasteiger charge is 2.08. The van der Waals surface area contributed by atoms with Gasteiger partial charge in [0.05, 0.1) is 6.04 Å². The topological polar surface area (TPSA) is 46.2 Å². The molecule has 4 heteroatoms. The molecule has 0 aromatic carbocycles. The fourth-order valence-corrected chi connectivity index (χ4v) is 2.88. The van der Waals surface area contributed by atoms with Gasteiger partial charge in [0.25, 0.3) is 0 Å². The summed E-state index contributed by atoms with van der Waals surface area (Å²) in [5.41, 5.74) is 0. The van der Waals surface area contributed by atoms with Crippen molar-refractivity contribution < 1.29 is 9.59 Å².